The van der Waals surface area contributed by atoms with Crippen molar-refractivity contribution in [3.05, 3.63) is 76.1 Å². The number of aromatic nitrogens is 2. The average molecular weight is 407 g/mol. The molecule has 2 N–H and O–H groups in total. The van der Waals surface area contributed by atoms with E-state index in [2.05, 4.69) is 20.6 Å². The minimum atomic E-state index is -0.555. The van der Waals surface area contributed by atoms with Crippen LogP contribution in [-0.4, -0.2) is 27.5 Å². The standard InChI is InChI=1S/C21H21N5O4/c1-3-14-8-10-16(11-9-14)24-19-18(26(28)29)20(23-13-22-19)25-17-7-5-6-15(12-17)21(27)30-4-2/h5-13H,3-4H2,1-2H3,(H2,22,23,24,25). The Balaban J connectivity index is 1.90. The monoisotopic (exact) mass is 407 g/mol. The second kappa shape index (κ2) is 9.46. The summed E-state index contributed by atoms with van der Waals surface area (Å²) >= 11 is 0. The minimum absolute atomic E-state index is 0.00341. The Labute approximate surface area is 173 Å². The smallest absolute Gasteiger partial charge is 0.353 e. The predicted octanol–water partition coefficient (Wildman–Crippen LogP) is 4.61. The summed E-state index contributed by atoms with van der Waals surface area (Å²) in [5, 5.41) is 17.6. The molecule has 0 saturated carbocycles. The number of nitro groups is 1. The van der Waals surface area contributed by atoms with Crippen molar-refractivity contribution >= 4 is 34.7 Å². The van der Waals surface area contributed by atoms with E-state index >= 15 is 0 Å². The molecule has 0 unspecified atom stereocenters. The van der Waals surface area contributed by atoms with Gasteiger partial charge in [0.15, 0.2) is 0 Å². The van der Waals surface area contributed by atoms with Crippen molar-refractivity contribution in [3.63, 3.8) is 0 Å². The molecule has 0 bridgehead atoms. The Morgan fingerprint density at radius 1 is 1.03 bits per heavy atom. The number of esters is 1. The molecule has 3 aromatic rings. The van der Waals surface area contributed by atoms with Crippen LogP contribution in [-0.2, 0) is 11.2 Å². The number of nitrogens with zero attached hydrogens (tertiary/aromatic N) is 3. The molecule has 0 spiro atoms. The van der Waals surface area contributed by atoms with Gasteiger partial charge in [-0.05, 0) is 49.2 Å². The van der Waals surface area contributed by atoms with E-state index in [1.807, 2.05) is 31.2 Å². The number of ether oxygens (including phenoxy) is 1. The van der Waals surface area contributed by atoms with Crippen molar-refractivity contribution in [2.45, 2.75) is 20.3 Å². The molecule has 0 radical (unpaired) electrons. The fourth-order valence-electron chi connectivity index (χ4n) is 2.77. The molecule has 1 heterocycles. The number of hydrogen-bond donors (Lipinski definition) is 2. The number of carbonyl (C=O) groups excluding carboxylic acids is 1. The average Bonchev–Trinajstić information content (AvgIpc) is 2.74. The first-order valence-corrected chi connectivity index (χ1v) is 9.41. The largest absolute Gasteiger partial charge is 0.462 e. The summed E-state index contributed by atoms with van der Waals surface area (Å²) in [5.41, 5.74) is 2.30. The maximum absolute atomic E-state index is 11.9. The van der Waals surface area contributed by atoms with E-state index in [0.29, 0.717) is 16.9 Å². The van der Waals surface area contributed by atoms with Gasteiger partial charge in [0.25, 0.3) is 0 Å². The third-order valence-corrected chi connectivity index (χ3v) is 4.27. The highest BCUT2D eigenvalue weighted by atomic mass is 16.6. The van der Waals surface area contributed by atoms with Crippen molar-refractivity contribution in [2.24, 2.45) is 0 Å². The summed E-state index contributed by atoms with van der Waals surface area (Å²) in [7, 11) is 0. The van der Waals surface area contributed by atoms with Crippen LogP contribution in [0.1, 0.15) is 29.8 Å². The molecule has 0 saturated heterocycles. The predicted molar refractivity (Wildman–Crippen MR) is 113 cm³/mol. The molecular formula is C21H21N5O4. The molecule has 154 valence electrons. The van der Waals surface area contributed by atoms with Crippen LogP contribution < -0.4 is 10.6 Å². The summed E-state index contributed by atoms with van der Waals surface area (Å²) in [6.45, 7) is 4.02. The van der Waals surface area contributed by atoms with Gasteiger partial charge in [-0.25, -0.2) is 14.8 Å². The summed E-state index contributed by atoms with van der Waals surface area (Å²) in [5.74, 6) is -0.414. The van der Waals surface area contributed by atoms with Gasteiger partial charge < -0.3 is 15.4 Å². The molecule has 9 heteroatoms. The minimum Gasteiger partial charge on any atom is -0.462 e. The van der Waals surface area contributed by atoms with Gasteiger partial charge in [-0.3, -0.25) is 10.1 Å². The van der Waals surface area contributed by atoms with Crippen molar-refractivity contribution in [2.75, 3.05) is 17.2 Å². The van der Waals surface area contributed by atoms with Gasteiger partial charge in [0, 0.05) is 11.4 Å². The molecule has 1 aromatic heterocycles. The van der Waals surface area contributed by atoms with Crippen LogP contribution in [0, 0.1) is 10.1 Å². The Morgan fingerprint density at radius 2 is 1.70 bits per heavy atom. The van der Waals surface area contributed by atoms with E-state index in [1.165, 1.54) is 6.33 Å². The molecule has 2 aromatic carbocycles. The SMILES string of the molecule is CCOC(=O)c1cccc(Nc2ncnc(Nc3ccc(CC)cc3)c2[N+](=O)[O-])c1. The van der Waals surface area contributed by atoms with E-state index in [-0.39, 0.29) is 23.9 Å². The molecule has 30 heavy (non-hydrogen) atoms. The molecule has 0 aliphatic heterocycles. The van der Waals surface area contributed by atoms with Crippen LogP contribution in [0.15, 0.2) is 54.9 Å². The molecule has 3 rings (SSSR count). The summed E-state index contributed by atoms with van der Waals surface area (Å²) in [6, 6.07) is 14.0. The van der Waals surface area contributed by atoms with Gasteiger partial charge in [0.1, 0.15) is 6.33 Å². The van der Waals surface area contributed by atoms with Gasteiger partial charge in [-0.2, -0.15) is 0 Å². The molecule has 0 atom stereocenters. The first kappa shape index (κ1) is 20.7. The summed E-state index contributed by atoms with van der Waals surface area (Å²) in [6.07, 6.45) is 2.13. The maximum atomic E-state index is 11.9. The van der Waals surface area contributed by atoms with E-state index in [0.717, 1.165) is 12.0 Å². The second-order valence-electron chi connectivity index (χ2n) is 6.28. The van der Waals surface area contributed by atoms with Crippen molar-refractivity contribution in [1.29, 1.82) is 0 Å². The molecule has 0 fully saturated rings. The van der Waals surface area contributed by atoms with Crippen LogP contribution in [0.25, 0.3) is 0 Å². The van der Waals surface area contributed by atoms with Crippen LogP contribution in [0.2, 0.25) is 0 Å². The summed E-state index contributed by atoms with van der Waals surface area (Å²) < 4.78 is 4.99. The lowest BCUT2D eigenvalue weighted by molar-refractivity contribution is -0.383. The van der Waals surface area contributed by atoms with Crippen molar-refractivity contribution in [3.8, 4) is 0 Å². The number of benzene rings is 2. The lowest BCUT2D eigenvalue weighted by atomic mass is 10.1. The zero-order valence-electron chi connectivity index (χ0n) is 16.6. The van der Waals surface area contributed by atoms with E-state index in [9.17, 15) is 14.9 Å². The Bertz CT molecular complexity index is 1050. The highest BCUT2D eigenvalue weighted by Gasteiger charge is 2.23. The Kier molecular flexibility index (Phi) is 6.53. The Morgan fingerprint density at radius 3 is 2.30 bits per heavy atom. The third kappa shape index (κ3) is 4.88. The molecule has 0 aliphatic carbocycles. The summed E-state index contributed by atoms with van der Waals surface area (Å²) in [4.78, 5) is 31.2. The van der Waals surface area contributed by atoms with Crippen LogP contribution >= 0.6 is 0 Å². The number of hydrogen-bond acceptors (Lipinski definition) is 8. The number of nitrogens with one attached hydrogen (secondary N) is 2. The fraction of sp³-hybridized carbons (Fsp3) is 0.190. The van der Waals surface area contributed by atoms with Gasteiger partial charge in [-0.15, -0.1) is 0 Å². The zero-order chi connectivity index (χ0) is 21.5. The van der Waals surface area contributed by atoms with Crippen LogP contribution in [0.5, 0.6) is 0 Å². The van der Waals surface area contributed by atoms with E-state index in [4.69, 9.17) is 4.74 Å². The van der Waals surface area contributed by atoms with Crippen LogP contribution in [0.3, 0.4) is 0 Å². The van der Waals surface area contributed by atoms with Gasteiger partial charge in [0.2, 0.25) is 11.6 Å². The lowest BCUT2D eigenvalue weighted by Crippen LogP contribution is -2.07. The first-order valence-electron chi connectivity index (χ1n) is 9.41. The van der Waals surface area contributed by atoms with E-state index < -0.39 is 10.9 Å². The first-order chi connectivity index (χ1) is 14.5. The Hall–Kier alpha value is -4.01. The van der Waals surface area contributed by atoms with Gasteiger partial charge in [-0.1, -0.05) is 25.1 Å². The third-order valence-electron chi connectivity index (χ3n) is 4.27. The molecular weight excluding hydrogens is 386 g/mol. The van der Waals surface area contributed by atoms with Crippen molar-refractivity contribution < 1.29 is 14.5 Å². The van der Waals surface area contributed by atoms with E-state index in [1.54, 1.807) is 31.2 Å². The lowest BCUT2D eigenvalue weighted by Gasteiger charge is -2.11. The van der Waals surface area contributed by atoms with Crippen molar-refractivity contribution in [1.82, 2.24) is 9.97 Å². The zero-order valence-corrected chi connectivity index (χ0v) is 16.6. The maximum Gasteiger partial charge on any atom is 0.353 e. The van der Waals surface area contributed by atoms with Crippen LogP contribution in [0.4, 0.5) is 28.7 Å². The quantitative estimate of drug-likeness (QED) is 0.316. The second-order valence-corrected chi connectivity index (χ2v) is 6.28. The fourth-order valence-corrected chi connectivity index (χ4v) is 2.77. The molecule has 0 aliphatic rings. The molecule has 0 amide bonds. The van der Waals surface area contributed by atoms with Gasteiger partial charge in [0.05, 0.1) is 17.1 Å². The normalized spacial score (nSPS) is 10.3. The number of carbonyl (C=O) groups is 1. The topological polar surface area (TPSA) is 119 Å². The highest BCUT2D eigenvalue weighted by molar-refractivity contribution is 5.91. The number of aryl methyl sites for hydroxylation is 1. The molecule has 9 nitrogen and oxygen atoms in total. The number of anilines is 4. The van der Waals surface area contributed by atoms with Gasteiger partial charge >= 0.3 is 11.7 Å². The number of rotatable bonds is 8. The highest BCUT2D eigenvalue weighted by Crippen LogP contribution is 2.33.